The van der Waals surface area contributed by atoms with Gasteiger partial charge >= 0.3 is 0 Å². The summed E-state index contributed by atoms with van der Waals surface area (Å²) in [5.74, 6) is 1.61. The van der Waals surface area contributed by atoms with E-state index in [2.05, 4.69) is 17.2 Å². The van der Waals surface area contributed by atoms with Gasteiger partial charge in [-0.25, -0.2) is 0 Å². The predicted octanol–water partition coefficient (Wildman–Crippen LogP) is 2.17. The molecule has 1 unspecified atom stereocenters. The highest BCUT2D eigenvalue weighted by molar-refractivity contribution is 7.80. The number of aromatic nitrogens is 1. The van der Waals surface area contributed by atoms with E-state index >= 15 is 0 Å². The zero-order chi connectivity index (χ0) is 11.5. The molecule has 0 amide bonds. The van der Waals surface area contributed by atoms with Crippen LogP contribution in [0.4, 0.5) is 5.69 Å². The second kappa shape index (κ2) is 4.78. The van der Waals surface area contributed by atoms with Crippen LogP contribution in [0.3, 0.4) is 0 Å². The van der Waals surface area contributed by atoms with E-state index in [-0.39, 0.29) is 0 Å². The summed E-state index contributed by atoms with van der Waals surface area (Å²) < 4.78 is 0. The first-order valence-corrected chi connectivity index (χ1v) is 6.08. The lowest BCUT2D eigenvalue weighted by atomic mass is 10.1. The van der Waals surface area contributed by atoms with Gasteiger partial charge in [0.2, 0.25) is 0 Å². The maximum Gasteiger partial charge on any atom is 0.124 e. The van der Waals surface area contributed by atoms with E-state index in [1.165, 1.54) is 12.8 Å². The molecule has 0 saturated heterocycles. The van der Waals surface area contributed by atoms with Gasteiger partial charge in [-0.15, -0.1) is 0 Å². The number of anilines is 1. The Labute approximate surface area is 101 Å². The highest BCUT2D eigenvalue weighted by Crippen LogP contribution is 2.36. The smallest absolute Gasteiger partial charge is 0.124 e. The van der Waals surface area contributed by atoms with Crippen molar-refractivity contribution in [2.24, 2.45) is 17.6 Å². The zero-order valence-corrected chi connectivity index (χ0v) is 10.3. The third kappa shape index (κ3) is 2.70. The SMILES string of the molecule is CC(CNc1cccnc1C(N)=S)C1CC1. The number of nitrogens with two attached hydrogens (primary N) is 1. The molecule has 0 bridgehead atoms. The zero-order valence-electron chi connectivity index (χ0n) is 9.44. The summed E-state index contributed by atoms with van der Waals surface area (Å²) in [6, 6.07) is 3.87. The van der Waals surface area contributed by atoms with E-state index in [1.54, 1.807) is 6.20 Å². The highest BCUT2D eigenvalue weighted by atomic mass is 32.1. The van der Waals surface area contributed by atoms with E-state index in [4.69, 9.17) is 18.0 Å². The van der Waals surface area contributed by atoms with Gasteiger partial charge in [0.25, 0.3) is 0 Å². The topological polar surface area (TPSA) is 50.9 Å². The molecule has 1 fully saturated rings. The number of thiocarbonyl (C=S) groups is 1. The lowest BCUT2D eigenvalue weighted by molar-refractivity contribution is 0.536. The maximum absolute atomic E-state index is 5.62. The summed E-state index contributed by atoms with van der Waals surface area (Å²) in [5, 5.41) is 3.39. The Kier molecular flexibility index (Phi) is 3.39. The van der Waals surface area contributed by atoms with Crippen molar-refractivity contribution in [1.29, 1.82) is 0 Å². The lowest BCUT2D eigenvalue weighted by Gasteiger charge is -2.14. The molecule has 86 valence electrons. The van der Waals surface area contributed by atoms with E-state index < -0.39 is 0 Å². The maximum atomic E-state index is 5.62. The Bertz CT molecular complexity index is 388. The Morgan fingerprint density at radius 2 is 2.44 bits per heavy atom. The molecule has 0 radical (unpaired) electrons. The van der Waals surface area contributed by atoms with E-state index in [0.29, 0.717) is 16.6 Å². The lowest BCUT2D eigenvalue weighted by Crippen LogP contribution is -2.18. The van der Waals surface area contributed by atoms with Crippen LogP contribution in [0.5, 0.6) is 0 Å². The molecule has 3 nitrogen and oxygen atoms in total. The molecular formula is C12H17N3S. The molecule has 0 spiro atoms. The summed E-state index contributed by atoms with van der Waals surface area (Å²) in [4.78, 5) is 4.54. The predicted molar refractivity (Wildman–Crippen MR) is 70.5 cm³/mol. The van der Waals surface area contributed by atoms with Crippen LogP contribution in [-0.4, -0.2) is 16.5 Å². The summed E-state index contributed by atoms with van der Waals surface area (Å²) in [7, 11) is 0. The van der Waals surface area contributed by atoms with Crippen molar-refractivity contribution in [2.75, 3.05) is 11.9 Å². The first kappa shape index (κ1) is 11.3. The van der Waals surface area contributed by atoms with Gasteiger partial charge in [0.1, 0.15) is 10.7 Å². The van der Waals surface area contributed by atoms with E-state index in [0.717, 1.165) is 18.2 Å². The van der Waals surface area contributed by atoms with Crippen LogP contribution in [-0.2, 0) is 0 Å². The summed E-state index contributed by atoms with van der Waals surface area (Å²) in [6.07, 6.45) is 4.46. The molecule has 1 aliphatic carbocycles. The van der Waals surface area contributed by atoms with Gasteiger partial charge in [0.15, 0.2) is 0 Å². The number of hydrogen-bond donors (Lipinski definition) is 2. The normalized spacial score (nSPS) is 16.8. The van der Waals surface area contributed by atoms with E-state index in [9.17, 15) is 0 Å². The fourth-order valence-corrected chi connectivity index (χ4v) is 2.01. The number of nitrogens with zero attached hydrogens (tertiary/aromatic N) is 1. The molecule has 4 heteroatoms. The standard InChI is InChI=1S/C12H17N3S/c1-8(9-4-5-9)7-15-10-3-2-6-14-11(10)12(13)16/h2-3,6,8-9,15H,4-5,7H2,1H3,(H2,13,16). The molecule has 1 aliphatic rings. The van der Waals surface area contributed by atoms with Gasteiger partial charge in [-0.2, -0.15) is 0 Å². The Hall–Kier alpha value is -1.16. The second-order valence-electron chi connectivity index (χ2n) is 4.46. The van der Waals surface area contributed by atoms with Crippen LogP contribution in [0, 0.1) is 11.8 Å². The van der Waals surface area contributed by atoms with Gasteiger partial charge in [-0.05, 0) is 36.8 Å². The van der Waals surface area contributed by atoms with Crippen LogP contribution >= 0.6 is 12.2 Å². The highest BCUT2D eigenvalue weighted by Gasteiger charge is 2.27. The quantitative estimate of drug-likeness (QED) is 0.768. The van der Waals surface area contributed by atoms with Gasteiger partial charge < -0.3 is 11.1 Å². The number of rotatable bonds is 5. The van der Waals surface area contributed by atoms with Gasteiger partial charge in [-0.3, -0.25) is 4.98 Å². The summed E-state index contributed by atoms with van der Waals surface area (Å²) in [6.45, 7) is 3.24. The minimum absolute atomic E-state index is 0.349. The van der Waals surface area contributed by atoms with Crippen molar-refractivity contribution >= 4 is 22.9 Å². The summed E-state index contributed by atoms with van der Waals surface area (Å²) in [5.41, 5.74) is 7.26. The molecule has 1 aromatic rings. The van der Waals surface area contributed by atoms with Crippen molar-refractivity contribution < 1.29 is 0 Å². The Morgan fingerprint density at radius 1 is 1.69 bits per heavy atom. The monoisotopic (exact) mass is 235 g/mol. The van der Waals surface area contributed by atoms with Crippen LogP contribution in [0.15, 0.2) is 18.3 Å². The molecule has 3 N–H and O–H groups in total. The van der Waals surface area contributed by atoms with Crippen LogP contribution in [0.2, 0.25) is 0 Å². The molecule has 0 aliphatic heterocycles. The number of hydrogen-bond acceptors (Lipinski definition) is 3. The van der Waals surface area contributed by atoms with E-state index in [1.807, 2.05) is 12.1 Å². The van der Waals surface area contributed by atoms with Crippen molar-refractivity contribution in [3.8, 4) is 0 Å². The van der Waals surface area contributed by atoms with Gasteiger partial charge in [-0.1, -0.05) is 19.1 Å². The fraction of sp³-hybridized carbons (Fsp3) is 0.500. The van der Waals surface area contributed by atoms with Crippen LogP contribution in [0.1, 0.15) is 25.5 Å². The van der Waals surface area contributed by atoms with Crippen LogP contribution in [0.25, 0.3) is 0 Å². The molecular weight excluding hydrogens is 218 g/mol. The van der Waals surface area contributed by atoms with Crippen molar-refractivity contribution in [3.63, 3.8) is 0 Å². The third-order valence-electron chi connectivity index (χ3n) is 3.08. The van der Waals surface area contributed by atoms with Gasteiger partial charge in [0, 0.05) is 12.7 Å². The fourth-order valence-electron chi connectivity index (χ4n) is 1.85. The van der Waals surface area contributed by atoms with Crippen LogP contribution < -0.4 is 11.1 Å². The minimum Gasteiger partial charge on any atom is -0.388 e. The van der Waals surface area contributed by atoms with Crippen molar-refractivity contribution in [2.45, 2.75) is 19.8 Å². The number of nitrogens with one attached hydrogen (secondary N) is 1. The Morgan fingerprint density at radius 3 is 3.06 bits per heavy atom. The first-order valence-electron chi connectivity index (χ1n) is 5.67. The van der Waals surface area contributed by atoms with Crippen molar-refractivity contribution in [3.05, 3.63) is 24.0 Å². The Balaban J connectivity index is 1.99. The second-order valence-corrected chi connectivity index (χ2v) is 4.90. The molecule has 2 rings (SSSR count). The molecule has 16 heavy (non-hydrogen) atoms. The first-order chi connectivity index (χ1) is 7.68. The van der Waals surface area contributed by atoms with Gasteiger partial charge in [0.05, 0.1) is 5.69 Å². The average Bonchev–Trinajstić information content (AvgIpc) is 3.10. The molecule has 1 saturated carbocycles. The summed E-state index contributed by atoms with van der Waals surface area (Å²) >= 11 is 4.97. The van der Waals surface area contributed by atoms with Crippen molar-refractivity contribution in [1.82, 2.24) is 4.98 Å². The number of pyridine rings is 1. The molecule has 1 aromatic heterocycles. The third-order valence-corrected chi connectivity index (χ3v) is 3.28. The molecule has 0 aromatic carbocycles. The molecule has 1 heterocycles. The largest absolute Gasteiger partial charge is 0.388 e. The minimum atomic E-state index is 0.349. The average molecular weight is 235 g/mol. The molecule has 1 atom stereocenters.